The van der Waals surface area contributed by atoms with Crippen LogP contribution in [0.5, 0.6) is 0 Å². The molecule has 0 saturated carbocycles. The van der Waals surface area contributed by atoms with E-state index in [0.717, 1.165) is 37.6 Å². The fourth-order valence-electron chi connectivity index (χ4n) is 1.57. The number of likely N-dealkylation sites (N-methyl/N-ethyl adjacent to an activating group) is 1. The van der Waals surface area contributed by atoms with Crippen molar-refractivity contribution >= 4 is 11.3 Å². The Kier molecular flexibility index (Phi) is 4.73. The average Bonchev–Trinajstić information content (AvgIpc) is 2.96. The lowest BCUT2D eigenvalue weighted by atomic mass is 10.4. The molecule has 0 radical (unpaired) electrons. The number of rotatable bonds is 7. The minimum atomic E-state index is 0.789. The highest BCUT2D eigenvalue weighted by Gasteiger charge is 2.01. The maximum Gasteiger partial charge on any atom is 0.117 e. The molecule has 0 amide bonds. The molecule has 92 valence electrons. The third kappa shape index (κ3) is 4.30. The van der Waals surface area contributed by atoms with Crippen LogP contribution in [0.3, 0.4) is 0 Å². The Morgan fingerprint density at radius 2 is 2.47 bits per heavy atom. The fraction of sp³-hybridized carbons (Fsp3) is 0.417. The Morgan fingerprint density at radius 1 is 1.53 bits per heavy atom. The van der Waals surface area contributed by atoms with Gasteiger partial charge in [0.25, 0.3) is 0 Å². The number of thiazole rings is 1. The van der Waals surface area contributed by atoms with Crippen LogP contribution in [-0.4, -0.2) is 30.0 Å². The maximum absolute atomic E-state index is 5.24. The van der Waals surface area contributed by atoms with Crippen molar-refractivity contribution in [3.63, 3.8) is 0 Å². The summed E-state index contributed by atoms with van der Waals surface area (Å²) in [6.45, 7) is 3.64. The molecule has 0 fully saturated rings. The largest absolute Gasteiger partial charge is 0.468 e. The average molecular weight is 251 g/mol. The molecule has 4 nitrogen and oxygen atoms in total. The van der Waals surface area contributed by atoms with Crippen LogP contribution in [0.25, 0.3) is 0 Å². The van der Waals surface area contributed by atoms with Crippen molar-refractivity contribution in [3.8, 4) is 0 Å². The molecule has 0 atom stereocenters. The summed E-state index contributed by atoms with van der Waals surface area (Å²) in [5, 5.41) is 5.44. The van der Waals surface area contributed by atoms with Gasteiger partial charge in [-0.1, -0.05) is 0 Å². The normalized spacial score (nSPS) is 11.2. The second-order valence-corrected chi connectivity index (χ2v) is 4.69. The minimum Gasteiger partial charge on any atom is -0.468 e. The molecule has 17 heavy (non-hydrogen) atoms. The van der Waals surface area contributed by atoms with Crippen LogP contribution in [0.15, 0.2) is 33.7 Å². The summed E-state index contributed by atoms with van der Waals surface area (Å²) >= 11 is 1.64. The van der Waals surface area contributed by atoms with Gasteiger partial charge in [-0.05, 0) is 19.2 Å². The van der Waals surface area contributed by atoms with E-state index in [-0.39, 0.29) is 0 Å². The van der Waals surface area contributed by atoms with E-state index in [1.165, 1.54) is 0 Å². The van der Waals surface area contributed by atoms with Crippen LogP contribution in [0.2, 0.25) is 0 Å². The van der Waals surface area contributed by atoms with E-state index in [4.69, 9.17) is 4.42 Å². The van der Waals surface area contributed by atoms with Gasteiger partial charge in [-0.25, -0.2) is 4.98 Å². The summed E-state index contributed by atoms with van der Waals surface area (Å²) in [5.41, 5.74) is 3.02. The van der Waals surface area contributed by atoms with Gasteiger partial charge in [0, 0.05) is 25.0 Å². The van der Waals surface area contributed by atoms with Crippen molar-refractivity contribution in [1.29, 1.82) is 0 Å². The molecule has 0 saturated heterocycles. The van der Waals surface area contributed by atoms with Gasteiger partial charge >= 0.3 is 0 Å². The fourth-order valence-corrected chi connectivity index (χ4v) is 2.12. The topological polar surface area (TPSA) is 41.3 Å². The molecule has 1 N–H and O–H groups in total. The SMILES string of the molecule is CN(CCNCc1ccco1)Cc1cscn1. The molecule has 0 bridgehead atoms. The van der Waals surface area contributed by atoms with Crippen LogP contribution in [0.4, 0.5) is 0 Å². The lowest BCUT2D eigenvalue weighted by Gasteiger charge is -2.15. The summed E-state index contributed by atoms with van der Waals surface area (Å²) in [7, 11) is 2.11. The van der Waals surface area contributed by atoms with Crippen molar-refractivity contribution in [1.82, 2.24) is 15.2 Å². The first-order valence-corrected chi connectivity index (χ1v) is 6.57. The van der Waals surface area contributed by atoms with Gasteiger partial charge in [-0.3, -0.25) is 4.90 Å². The van der Waals surface area contributed by atoms with Crippen molar-refractivity contribution < 1.29 is 4.42 Å². The van der Waals surface area contributed by atoms with Crippen LogP contribution in [0, 0.1) is 0 Å². The van der Waals surface area contributed by atoms with E-state index < -0.39 is 0 Å². The van der Waals surface area contributed by atoms with Gasteiger partial charge in [-0.15, -0.1) is 11.3 Å². The quantitative estimate of drug-likeness (QED) is 0.764. The number of nitrogens with one attached hydrogen (secondary N) is 1. The highest BCUT2D eigenvalue weighted by Crippen LogP contribution is 2.03. The Morgan fingerprint density at radius 3 is 3.18 bits per heavy atom. The second kappa shape index (κ2) is 6.54. The molecular weight excluding hydrogens is 234 g/mol. The smallest absolute Gasteiger partial charge is 0.117 e. The van der Waals surface area contributed by atoms with Gasteiger partial charge in [0.1, 0.15) is 5.76 Å². The van der Waals surface area contributed by atoms with Gasteiger partial charge in [0.15, 0.2) is 0 Å². The van der Waals surface area contributed by atoms with Crippen LogP contribution >= 0.6 is 11.3 Å². The number of nitrogens with zero attached hydrogens (tertiary/aromatic N) is 2. The second-order valence-electron chi connectivity index (χ2n) is 3.97. The molecule has 2 heterocycles. The lowest BCUT2D eigenvalue weighted by Crippen LogP contribution is -2.28. The minimum absolute atomic E-state index is 0.789. The first-order valence-electron chi connectivity index (χ1n) is 5.63. The number of furan rings is 1. The summed E-state index contributed by atoms with van der Waals surface area (Å²) < 4.78 is 5.24. The molecule has 0 aliphatic rings. The zero-order valence-corrected chi connectivity index (χ0v) is 10.7. The van der Waals surface area contributed by atoms with E-state index >= 15 is 0 Å². The van der Waals surface area contributed by atoms with Crippen LogP contribution in [-0.2, 0) is 13.1 Å². The van der Waals surface area contributed by atoms with E-state index in [1.54, 1.807) is 17.6 Å². The molecule has 0 spiro atoms. The summed E-state index contributed by atoms with van der Waals surface area (Å²) in [6.07, 6.45) is 1.70. The molecule has 2 aromatic heterocycles. The number of hydrogen-bond acceptors (Lipinski definition) is 5. The van der Waals surface area contributed by atoms with Crippen LogP contribution in [0.1, 0.15) is 11.5 Å². The molecule has 0 aliphatic heterocycles. The molecule has 2 rings (SSSR count). The molecular formula is C12H17N3OS. The van der Waals surface area contributed by atoms with Crippen LogP contribution < -0.4 is 5.32 Å². The van der Waals surface area contributed by atoms with Crippen molar-refractivity contribution in [2.24, 2.45) is 0 Å². The predicted octanol–water partition coefficient (Wildman–Crippen LogP) is 1.96. The Labute approximate surface area is 105 Å². The Balaban J connectivity index is 1.58. The van der Waals surface area contributed by atoms with Crippen molar-refractivity contribution in [2.75, 3.05) is 20.1 Å². The highest BCUT2D eigenvalue weighted by molar-refractivity contribution is 7.07. The summed E-state index contributed by atoms with van der Waals surface area (Å²) in [4.78, 5) is 6.52. The predicted molar refractivity (Wildman–Crippen MR) is 68.9 cm³/mol. The molecule has 0 unspecified atom stereocenters. The highest BCUT2D eigenvalue weighted by atomic mass is 32.1. The molecule has 5 heteroatoms. The van der Waals surface area contributed by atoms with Gasteiger partial charge < -0.3 is 9.73 Å². The van der Waals surface area contributed by atoms with E-state index in [2.05, 4.69) is 27.6 Å². The van der Waals surface area contributed by atoms with Crippen molar-refractivity contribution in [2.45, 2.75) is 13.1 Å². The Hall–Kier alpha value is -1.17. The number of aromatic nitrogens is 1. The zero-order valence-electron chi connectivity index (χ0n) is 9.93. The third-order valence-corrected chi connectivity index (χ3v) is 3.10. The van der Waals surface area contributed by atoms with E-state index in [1.807, 2.05) is 17.6 Å². The first-order chi connectivity index (χ1) is 8.34. The van der Waals surface area contributed by atoms with Gasteiger partial charge in [0.05, 0.1) is 24.0 Å². The molecule has 2 aromatic rings. The molecule has 0 aliphatic carbocycles. The molecule has 0 aromatic carbocycles. The summed E-state index contributed by atoms with van der Waals surface area (Å²) in [6, 6.07) is 3.89. The Bertz CT molecular complexity index is 399. The summed E-state index contributed by atoms with van der Waals surface area (Å²) in [5.74, 6) is 0.979. The van der Waals surface area contributed by atoms with Crippen molar-refractivity contribution in [3.05, 3.63) is 40.7 Å². The zero-order chi connectivity index (χ0) is 11.9. The lowest BCUT2D eigenvalue weighted by molar-refractivity contribution is 0.318. The maximum atomic E-state index is 5.24. The number of hydrogen-bond donors (Lipinski definition) is 1. The van der Waals surface area contributed by atoms with E-state index in [9.17, 15) is 0 Å². The first kappa shape index (κ1) is 12.3. The third-order valence-electron chi connectivity index (χ3n) is 2.47. The standard InChI is InChI=1S/C12H17N3OS/c1-15(8-11-9-17-10-14-11)5-4-13-7-12-3-2-6-16-12/h2-3,6,9-10,13H,4-5,7-8H2,1H3. The van der Waals surface area contributed by atoms with E-state index in [0.29, 0.717) is 0 Å². The van der Waals surface area contributed by atoms with Gasteiger partial charge in [-0.2, -0.15) is 0 Å². The monoisotopic (exact) mass is 251 g/mol. The van der Waals surface area contributed by atoms with Gasteiger partial charge in [0.2, 0.25) is 0 Å².